The van der Waals surface area contributed by atoms with Gasteiger partial charge in [-0.1, -0.05) is 15.9 Å². The molecular formula is C16H22Br2N2O2. The highest BCUT2D eigenvalue weighted by Gasteiger charge is 2.19. The molecule has 1 aliphatic rings. The molecule has 6 heteroatoms. The Balaban J connectivity index is 2.12. The fourth-order valence-corrected chi connectivity index (χ4v) is 4.04. The van der Waals surface area contributed by atoms with Gasteiger partial charge in [0.2, 0.25) is 0 Å². The summed E-state index contributed by atoms with van der Waals surface area (Å²) in [5, 5.41) is 22.3. The Morgan fingerprint density at radius 2 is 1.95 bits per heavy atom. The first-order valence-electron chi connectivity index (χ1n) is 7.54. The van der Waals surface area contributed by atoms with Crippen molar-refractivity contribution in [1.29, 1.82) is 0 Å². The van der Waals surface area contributed by atoms with E-state index in [0.29, 0.717) is 11.8 Å². The summed E-state index contributed by atoms with van der Waals surface area (Å²) in [7, 11) is 0. The number of halogens is 2. The van der Waals surface area contributed by atoms with Crippen LogP contribution in [0.5, 0.6) is 0 Å². The molecule has 3 N–H and O–H groups in total. The zero-order valence-corrected chi connectivity index (χ0v) is 15.8. The van der Waals surface area contributed by atoms with Crippen LogP contribution >= 0.6 is 31.9 Å². The first-order chi connectivity index (χ1) is 10.5. The smallest absolute Gasteiger partial charge is 0.0817 e. The van der Waals surface area contributed by atoms with Crippen LogP contribution in [0, 0.1) is 0 Å². The monoisotopic (exact) mass is 432 g/mol. The van der Waals surface area contributed by atoms with Gasteiger partial charge < -0.3 is 15.5 Å². The van der Waals surface area contributed by atoms with Gasteiger partial charge in [-0.3, -0.25) is 4.99 Å². The van der Waals surface area contributed by atoms with Gasteiger partial charge in [-0.15, -0.1) is 0 Å². The van der Waals surface area contributed by atoms with Crippen LogP contribution < -0.4 is 5.32 Å². The Hall–Kier alpha value is -0.270. The lowest BCUT2D eigenvalue weighted by Crippen LogP contribution is -2.34. The molecule has 0 saturated heterocycles. The molecule has 0 aromatic heterocycles. The van der Waals surface area contributed by atoms with Gasteiger partial charge in [0.05, 0.1) is 18.4 Å². The first-order valence-corrected chi connectivity index (χ1v) is 9.12. The Morgan fingerprint density at radius 3 is 2.59 bits per heavy atom. The first kappa shape index (κ1) is 18.1. The second-order valence-electron chi connectivity index (χ2n) is 5.79. The average molecular weight is 434 g/mol. The maximum absolute atomic E-state index is 9.57. The van der Waals surface area contributed by atoms with Gasteiger partial charge in [0.1, 0.15) is 0 Å². The van der Waals surface area contributed by atoms with Crippen molar-refractivity contribution in [3.05, 3.63) is 26.6 Å². The molecule has 0 unspecified atom stereocenters. The van der Waals surface area contributed by atoms with Crippen molar-refractivity contribution in [2.24, 2.45) is 4.99 Å². The highest BCUT2D eigenvalue weighted by atomic mass is 79.9. The van der Waals surface area contributed by atoms with Gasteiger partial charge in [-0.2, -0.15) is 0 Å². The van der Waals surface area contributed by atoms with Crippen LogP contribution in [0.3, 0.4) is 0 Å². The molecule has 1 fully saturated rings. The number of hydrogen-bond acceptors (Lipinski definition) is 4. The fourth-order valence-electron chi connectivity index (χ4n) is 2.64. The predicted octanol–water partition coefficient (Wildman–Crippen LogP) is 3.69. The molecule has 0 spiro atoms. The number of rotatable bonds is 5. The maximum Gasteiger partial charge on any atom is 0.0817 e. The maximum atomic E-state index is 9.57. The zero-order valence-electron chi connectivity index (χ0n) is 12.6. The lowest BCUT2D eigenvalue weighted by atomic mass is 9.93. The number of aliphatic hydroxyl groups is 2. The third-order valence-corrected chi connectivity index (χ3v) is 4.98. The molecule has 0 atom stereocenters. The summed E-state index contributed by atoms with van der Waals surface area (Å²) in [5.41, 5.74) is 2.63. The zero-order chi connectivity index (χ0) is 16.1. The molecule has 0 bridgehead atoms. The third-order valence-electron chi connectivity index (χ3n) is 3.92. The largest absolute Gasteiger partial charge is 0.393 e. The van der Waals surface area contributed by atoms with Crippen molar-refractivity contribution in [2.45, 2.75) is 51.3 Å². The van der Waals surface area contributed by atoms with Crippen LogP contribution in [0.25, 0.3) is 0 Å². The van der Waals surface area contributed by atoms with Crippen LogP contribution in [-0.2, 0) is 6.54 Å². The van der Waals surface area contributed by atoms with Crippen molar-refractivity contribution in [3.8, 4) is 0 Å². The van der Waals surface area contributed by atoms with E-state index < -0.39 is 0 Å². The van der Waals surface area contributed by atoms with E-state index in [1.807, 2.05) is 13.0 Å². The molecule has 0 heterocycles. The van der Waals surface area contributed by atoms with Crippen molar-refractivity contribution in [3.63, 3.8) is 0 Å². The highest BCUT2D eigenvalue weighted by molar-refractivity contribution is 9.11. The molecule has 2 rings (SSSR count). The molecule has 1 aliphatic carbocycles. The van der Waals surface area contributed by atoms with Crippen LogP contribution in [0.15, 0.2) is 26.1 Å². The SMILES string of the molecule is CC(CO)=Nc1c(Br)cc(Br)cc1CNC1CCC(O)CC1. The molecule has 1 aromatic carbocycles. The summed E-state index contributed by atoms with van der Waals surface area (Å²) >= 11 is 7.07. The third kappa shape index (κ3) is 5.13. The predicted molar refractivity (Wildman–Crippen MR) is 96.8 cm³/mol. The van der Waals surface area contributed by atoms with E-state index in [2.05, 4.69) is 48.2 Å². The second-order valence-corrected chi connectivity index (χ2v) is 7.56. The van der Waals surface area contributed by atoms with Crippen LogP contribution in [0.2, 0.25) is 0 Å². The summed E-state index contributed by atoms with van der Waals surface area (Å²) < 4.78 is 1.90. The fraction of sp³-hybridized carbons (Fsp3) is 0.562. The van der Waals surface area contributed by atoms with E-state index in [1.54, 1.807) is 0 Å². The lowest BCUT2D eigenvalue weighted by molar-refractivity contribution is 0.116. The standard InChI is InChI=1S/C16H22Br2N2O2/c1-10(9-21)20-16-11(6-12(17)7-15(16)18)8-19-13-2-4-14(22)5-3-13/h6-7,13-14,19,21-22H,2-5,8-9H2,1H3. The number of nitrogens with one attached hydrogen (secondary N) is 1. The summed E-state index contributed by atoms with van der Waals surface area (Å²) in [4.78, 5) is 4.51. The summed E-state index contributed by atoms with van der Waals surface area (Å²) in [6.07, 6.45) is 3.61. The van der Waals surface area contributed by atoms with E-state index in [4.69, 9.17) is 0 Å². The molecule has 0 radical (unpaired) electrons. The van der Waals surface area contributed by atoms with Gasteiger partial charge in [0, 0.05) is 27.2 Å². The molecule has 122 valence electrons. The number of benzene rings is 1. The molecule has 0 amide bonds. The van der Waals surface area contributed by atoms with E-state index >= 15 is 0 Å². The van der Waals surface area contributed by atoms with Gasteiger partial charge in [-0.05, 0) is 66.2 Å². The van der Waals surface area contributed by atoms with Crippen LogP contribution in [-0.4, -0.2) is 34.7 Å². The van der Waals surface area contributed by atoms with Gasteiger partial charge in [0.25, 0.3) is 0 Å². The minimum Gasteiger partial charge on any atom is -0.393 e. The number of hydrogen-bond donors (Lipinski definition) is 3. The van der Waals surface area contributed by atoms with Crippen molar-refractivity contribution in [1.82, 2.24) is 5.32 Å². The minimum absolute atomic E-state index is 0.0457. The quantitative estimate of drug-likeness (QED) is 0.620. The topological polar surface area (TPSA) is 64.9 Å². The van der Waals surface area contributed by atoms with Gasteiger partial charge in [-0.25, -0.2) is 0 Å². The Morgan fingerprint density at radius 1 is 1.27 bits per heavy atom. The Labute approximate surface area is 148 Å². The van der Waals surface area contributed by atoms with Crippen molar-refractivity contribution < 1.29 is 10.2 Å². The lowest BCUT2D eigenvalue weighted by Gasteiger charge is -2.26. The van der Waals surface area contributed by atoms with E-state index in [0.717, 1.165) is 52.4 Å². The molecule has 22 heavy (non-hydrogen) atoms. The molecule has 0 aliphatic heterocycles. The average Bonchev–Trinajstić information content (AvgIpc) is 2.49. The van der Waals surface area contributed by atoms with Crippen molar-refractivity contribution in [2.75, 3.05) is 6.61 Å². The number of nitrogens with zero attached hydrogens (tertiary/aromatic N) is 1. The number of aliphatic imine (C=N–C) groups is 1. The second kappa shape index (κ2) is 8.55. The summed E-state index contributed by atoms with van der Waals surface area (Å²) in [5.74, 6) is 0. The molecule has 4 nitrogen and oxygen atoms in total. The molecule has 1 saturated carbocycles. The number of aliphatic hydroxyl groups excluding tert-OH is 2. The normalized spacial score (nSPS) is 22.9. The van der Waals surface area contributed by atoms with Crippen LogP contribution in [0.4, 0.5) is 5.69 Å². The van der Waals surface area contributed by atoms with Crippen molar-refractivity contribution >= 4 is 43.3 Å². The summed E-state index contributed by atoms with van der Waals surface area (Å²) in [6, 6.07) is 4.46. The van der Waals surface area contributed by atoms with E-state index in [-0.39, 0.29) is 12.7 Å². The summed E-state index contributed by atoms with van der Waals surface area (Å²) in [6.45, 7) is 2.49. The van der Waals surface area contributed by atoms with E-state index in [1.165, 1.54) is 0 Å². The Kier molecular flexibility index (Phi) is 7.02. The molecule has 1 aromatic rings. The van der Waals surface area contributed by atoms with Crippen LogP contribution in [0.1, 0.15) is 38.2 Å². The molecular weight excluding hydrogens is 412 g/mol. The minimum atomic E-state index is -0.134. The Bertz CT molecular complexity index is 541. The highest BCUT2D eigenvalue weighted by Crippen LogP contribution is 2.33. The van der Waals surface area contributed by atoms with E-state index in [9.17, 15) is 10.2 Å². The van der Waals surface area contributed by atoms with Gasteiger partial charge >= 0.3 is 0 Å². The van der Waals surface area contributed by atoms with Gasteiger partial charge in [0.15, 0.2) is 0 Å².